The van der Waals surface area contributed by atoms with Crippen molar-refractivity contribution in [2.45, 2.75) is 19.9 Å². The summed E-state index contributed by atoms with van der Waals surface area (Å²) in [4.78, 5) is 13.3. The number of carboxylic acid groups (broad SMARTS) is 1. The molecule has 86 valence electrons. The fraction of sp³-hybridized carbons (Fsp3) is 0.417. The van der Waals surface area contributed by atoms with E-state index in [1.54, 1.807) is 12.1 Å². The van der Waals surface area contributed by atoms with E-state index in [1.807, 2.05) is 13.0 Å². The highest BCUT2D eigenvalue weighted by Gasteiger charge is 2.24. The van der Waals surface area contributed by atoms with Gasteiger partial charge in [0.25, 0.3) is 0 Å². The van der Waals surface area contributed by atoms with E-state index in [4.69, 9.17) is 5.11 Å². The van der Waals surface area contributed by atoms with Crippen LogP contribution in [0.3, 0.4) is 0 Å². The summed E-state index contributed by atoms with van der Waals surface area (Å²) in [5.74, 6) is -0.869. The number of carbonyl (C=O) groups is 1. The average molecular weight is 220 g/mol. The third-order valence-corrected chi connectivity index (χ3v) is 2.86. The van der Waals surface area contributed by atoms with Crippen molar-refractivity contribution in [2.24, 2.45) is 0 Å². The SMILES string of the molecule is CCN1CC(C)Nc2cccc(C(=O)O)c21. The molecule has 0 saturated heterocycles. The number of rotatable bonds is 2. The van der Waals surface area contributed by atoms with E-state index in [9.17, 15) is 4.79 Å². The average Bonchev–Trinajstić information content (AvgIpc) is 2.26. The Kier molecular flexibility index (Phi) is 2.73. The second kappa shape index (κ2) is 4.04. The highest BCUT2D eigenvalue weighted by molar-refractivity contribution is 5.98. The molecule has 0 radical (unpaired) electrons. The van der Waals surface area contributed by atoms with Gasteiger partial charge in [-0.1, -0.05) is 6.07 Å². The summed E-state index contributed by atoms with van der Waals surface area (Å²) in [7, 11) is 0. The van der Waals surface area contributed by atoms with Crippen LogP contribution in [-0.2, 0) is 0 Å². The zero-order chi connectivity index (χ0) is 11.7. The van der Waals surface area contributed by atoms with Gasteiger partial charge in [-0.15, -0.1) is 0 Å². The van der Waals surface area contributed by atoms with Gasteiger partial charge in [0.2, 0.25) is 0 Å². The number of likely N-dealkylation sites (N-methyl/N-ethyl adjacent to an activating group) is 1. The zero-order valence-corrected chi connectivity index (χ0v) is 9.53. The van der Waals surface area contributed by atoms with Crippen LogP contribution in [0.1, 0.15) is 24.2 Å². The number of hydrogen-bond donors (Lipinski definition) is 2. The van der Waals surface area contributed by atoms with Crippen molar-refractivity contribution >= 4 is 17.3 Å². The Balaban J connectivity index is 2.54. The normalized spacial score (nSPS) is 18.9. The predicted octanol–water partition coefficient (Wildman–Crippen LogP) is 2.03. The molecule has 16 heavy (non-hydrogen) atoms. The largest absolute Gasteiger partial charge is 0.478 e. The first kappa shape index (κ1) is 10.8. The lowest BCUT2D eigenvalue weighted by Gasteiger charge is -2.36. The maximum absolute atomic E-state index is 11.2. The van der Waals surface area contributed by atoms with Crippen LogP contribution in [0, 0.1) is 0 Å². The first-order valence-corrected chi connectivity index (χ1v) is 5.51. The van der Waals surface area contributed by atoms with Crippen LogP contribution in [0.15, 0.2) is 18.2 Å². The number of para-hydroxylation sites is 1. The second-order valence-electron chi connectivity index (χ2n) is 4.09. The lowest BCUT2D eigenvalue weighted by molar-refractivity contribution is 0.0697. The Bertz CT molecular complexity index is 417. The van der Waals surface area contributed by atoms with Gasteiger partial charge in [-0.2, -0.15) is 0 Å². The van der Waals surface area contributed by atoms with Crippen LogP contribution in [0.4, 0.5) is 11.4 Å². The number of benzene rings is 1. The van der Waals surface area contributed by atoms with Crippen molar-refractivity contribution in [1.29, 1.82) is 0 Å². The van der Waals surface area contributed by atoms with Gasteiger partial charge in [0.15, 0.2) is 0 Å². The molecule has 2 N–H and O–H groups in total. The van der Waals surface area contributed by atoms with Gasteiger partial charge in [-0.05, 0) is 26.0 Å². The van der Waals surface area contributed by atoms with E-state index in [0.717, 1.165) is 24.5 Å². The molecule has 0 saturated carbocycles. The molecule has 1 unspecified atom stereocenters. The maximum atomic E-state index is 11.2. The molecule has 4 nitrogen and oxygen atoms in total. The molecule has 0 amide bonds. The van der Waals surface area contributed by atoms with Gasteiger partial charge in [0, 0.05) is 19.1 Å². The molecule has 0 aliphatic carbocycles. The molecule has 1 aliphatic heterocycles. The van der Waals surface area contributed by atoms with Crippen LogP contribution in [0.5, 0.6) is 0 Å². The Labute approximate surface area is 94.9 Å². The number of fused-ring (bicyclic) bond motifs is 1. The van der Waals surface area contributed by atoms with Crippen LogP contribution < -0.4 is 10.2 Å². The van der Waals surface area contributed by atoms with Crippen molar-refractivity contribution in [3.8, 4) is 0 Å². The van der Waals surface area contributed by atoms with Crippen molar-refractivity contribution in [1.82, 2.24) is 0 Å². The lowest BCUT2D eigenvalue weighted by atomic mass is 10.1. The molecule has 1 aromatic rings. The standard InChI is InChI=1S/C12H16N2O2/c1-3-14-7-8(2)13-10-6-4-5-9(11(10)14)12(15)16/h4-6,8,13H,3,7H2,1-2H3,(H,15,16). The molecule has 0 spiro atoms. The van der Waals surface area contributed by atoms with Crippen LogP contribution in [0.25, 0.3) is 0 Å². The molecule has 1 atom stereocenters. The summed E-state index contributed by atoms with van der Waals surface area (Å²) in [6.45, 7) is 5.80. The van der Waals surface area contributed by atoms with Gasteiger partial charge in [-0.25, -0.2) is 4.79 Å². The summed E-state index contributed by atoms with van der Waals surface area (Å²) in [6, 6.07) is 5.71. The van der Waals surface area contributed by atoms with E-state index >= 15 is 0 Å². The van der Waals surface area contributed by atoms with Crippen molar-refractivity contribution < 1.29 is 9.90 Å². The highest BCUT2D eigenvalue weighted by Crippen LogP contribution is 2.34. The van der Waals surface area contributed by atoms with Crippen LogP contribution in [-0.4, -0.2) is 30.2 Å². The van der Waals surface area contributed by atoms with E-state index < -0.39 is 5.97 Å². The molecule has 1 heterocycles. The molecule has 4 heteroatoms. The number of carboxylic acids is 1. The van der Waals surface area contributed by atoms with E-state index in [2.05, 4.69) is 17.1 Å². The number of nitrogens with one attached hydrogen (secondary N) is 1. The summed E-state index contributed by atoms with van der Waals surface area (Å²) in [6.07, 6.45) is 0. The molecule has 1 aromatic carbocycles. The molecule has 2 rings (SSSR count). The monoisotopic (exact) mass is 220 g/mol. The third-order valence-electron chi connectivity index (χ3n) is 2.86. The van der Waals surface area contributed by atoms with Crippen molar-refractivity contribution in [3.05, 3.63) is 23.8 Å². The minimum atomic E-state index is -0.869. The molecule has 0 fully saturated rings. The quantitative estimate of drug-likeness (QED) is 0.800. The van der Waals surface area contributed by atoms with Crippen molar-refractivity contribution in [3.63, 3.8) is 0 Å². The van der Waals surface area contributed by atoms with Gasteiger partial charge in [0.05, 0.1) is 16.9 Å². The predicted molar refractivity (Wildman–Crippen MR) is 64.4 cm³/mol. The maximum Gasteiger partial charge on any atom is 0.337 e. The first-order valence-electron chi connectivity index (χ1n) is 5.51. The van der Waals surface area contributed by atoms with E-state index in [0.29, 0.717) is 11.6 Å². The summed E-state index contributed by atoms with van der Waals surface area (Å²) in [5, 5.41) is 12.5. The van der Waals surface area contributed by atoms with Gasteiger partial charge >= 0.3 is 5.97 Å². The molecular formula is C12H16N2O2. The summed E-state index contributed by atoms with van der Waals surface area (Å²) < 4.78 is 0. The van der Waals surface area contributed by atoms with Gasteiger partial charge in [-0.3, -0.25) is 0 Å². The zero-order valence-electron chi connectivity index (χ0n) is 9.53. The lowest BCUT2D eigenvalue weighted by Crippen LogP contribution is -2.40. The van der Waals surface area contributed by atoms with E-state index in [1.165, 1.54) is 0 Å². The fourth-order valence-corrected chi connectivity index (χ4v) is 2.19. The summed E-state index contributed by atoms with van der Waals surface area (Å²) >= 11 is 0. The van der Waals surface area contributed by atoms with Crippen molar-refractivity contribution in [2.75, 3.05) is 23.3 Å². The fourth-order valence-electron chi connectivity index (χ4n) is 2.19. The van der Waals surface area contributed by atoms with E-state index in [-0.39, 0.29) is 0 Å². The Morgan fingerprint density at radius 1 is 1.62 bits per heavy atom. The molecule has 0 aromatic heterocycles. The molecular weight excluding hydrogens is 204 g/mol. The number of nitrogens with zero attached hydrogens (tertiary/aromatic N) is 1. The topological polar surface area (TPSA) is 52.6 Å². The van der Waals surface area contributed by atoms with Gasteiger partial charge < -0.3 is 15.3 Å². The second-order valence-corrected chi connectivity index (χ2v) is 4.09. The smallest absolute Gasteiger partial charge is 0.337 e. The number of aromatic carboxylic acids is 1. The molecule has 0 bridgehead atoms. The number of anilines is 2. The summed E-state index contributed by atoms with van der Waals surface area (Å²) in [5.41, 5.74) is 2.11. The third kappa shape index (κ3) is 1.71. The minimum absolute atomic E-state index is 0.344. The van der Waals surface area contributed by atoms with Crippen LogP contribution in [0.2, 0.25) is 0 Å². The Hall–Kier alpha value is -1.71. The van der Waals surface area contributed by atoms with Gasteiger partial charge in [0.1, 0.15) is 0 Å². The minimum Gasteiger partial charge on any atom is -0.478 e. The van der Waals surface area contributed by atoms with Crippen LogP contribution >= 0.6 is 0 Å². The molecule has 1 aliphatic rings. The Morgan fingerprint density at radius 2 is 2.38 bits per heavy atom. The number of hydrogen-bond acceptors (Lipinski definition) is 3. The Morgan fingerprint density at radius 3 is 3.00 bits per heavy atom. The highest BCUT2D eigenvalue weighted by atomic mass is 16.4. The first-order chi connectivity index (χ1) is 7.63.